The van der Waals surface area contributed by atoms with Crippen LogP contribution >= 0.6 is 0 Å². The summed E-state index contributed by atoms with van der Waals surface area (Å²) in [6.45, 7) is 2.01. The number of halogens is 2. The molecular formula is C13H16F2N2O2. The Kier molecular flexibility index (Phi) is 3.18. The third-order valence-corrected chi connectivity index (χ3v) is 3.35. The highest BCUT2D eigenvalue weighted by Crippen LogP contribution is 2.42. The Hall–Kier alpha value is -1.56. The van der Waals surface area contributed by atoms with E-state index in [4.69, 9.17) is 0 Å². The number of ether oxygens (including phenoxy) is 2. The van der Waals surface area contributed by atoms with E-state index in [0.29, 0.717) is 6.04 Å². The molecule has 0 saturated carbocycles. The summed E-state index contributed by atoms with van der Waals surface area (Å²) in [7, 11) is 0. The van der Waals surface area contributed by atoms with Crippen molar-refractivity contribution in [2.45, 2.75) is 31.6 Å². The van der Waals surface area contributed by atoms with E-state index in [2.05, 4.69) is 20.1 Å². The minimum atomic E-state index is -3.55. The third kappa shape index (κ3) is 2.89. The highest BCUT2D eigenvalue weighted by atomic mass is 19.3. The van der Waals surface area contributed by atoms with Crippen molar-refractivity contribution in [1.29, 1.82) is 0 Å². The number of benzene rings is 1. The molecule has 104 valence electrons. The summed E-state index contributed by atoms with van der Waals surface area (Å²) < 4.78 is 34.6. The molecular weight excluding hydrogens is 254 g/mol. The number of hydrogen-bond donors (Lipinski definition) is 2. The molecule has 0 spiro atoms. The molecule has 1 aromatic carbocycles. The van der Waals surface area contributed by atoms with Gasteiger partial charge < -0.3 is 20.1 Å². The zero-order chi connectivity index (χ0) is 13.3. The highest BCUT2D eigenvalue weighted by molar-refractivity contribution is 5.56. The summed E-state index contributed by atoms with van der Waals surface area (Å²) in [5.74, 6) is 0.167. The summed E-state index contributed by atoms with van der Waals surface area (Å²) in [6.07, 6.45) is -0.351. The summed E-state index contributed by atoms with van der Waals surface area (Å²) in [5, 5.41) is 6.69. The molecule has 19 heavy (non-hydrogen) atoms. The first-order chi connectivity index (χ1) is 9.12. The lowest BCUT2D eigenvalue weighted by atomic mass is 10.1. The van der Waals surface area contributed by atoms with Crippen molar-refractivity contribution in [3.05, 3.63) is 18.2 Å². The molecule has 0 amide bonds. The number of hydrogen-bond acceptors (Lipinski definition) is 4. The van der Waals surface area contributed by atoms with E-state index in [1.54, 1.807) is 12.1 Å². The largest absolute Gasteiger partial charge is 0.586 e. The third-order valence-electron chi connectivity index (χ3n) is 3.35. The van der Waals surface area contributed by atoms with E-state index in [9.17, 15) is 8.78 Å². The molecule has 1 saturated heterocycles. The lowest BCUT2D eigenvalue weighted by Crippen LogP contribution is -2.25. The number of nitrogens with one attached hydrogen (secondary N) is 2. The second-order valence-corrected chi connectivity index (χ2v) is 4.85. The maximum absolute atomic E-state index is 12.9. The second kappa shape index (κ2) is 4.85. The first kappa shape index (κ1) is 12.5. The van der Waals surface area contributed by atoms with Crippen LogP contribution in [0.5, 0.6) is 11.5 Å². The minimum absolute atomic E-state index is 0.0816. The zero-order valence-electron chi connectivity index (χ0n) is 10.4. The lowest BCUT2D eigenvalue weighted by Gasteiger charge is -2.17. The number of rotatable bonds is 2. The van der Waals surface area contributed by atoms with Crippen LogP contribution < -0.4 is 20.1 Å². The standard InChI is InChI=1S/C13H16F2N2O2/c14-13(15)18-11-4-3-10(8-12(11)19-13)17-9-2-1-6-16-7-5-9/h3-4,8-9,16-17H,1-2,5-7H2. The normalized spacial score (nSPS) is 24.8. The molecule has 2 heterocycles. The fraction of sp³-hybridized carbons (Fsp3) is 0.538. The van der Waals surface area contributed by atoms with E-state index < -0.39 is 6.29 Å². The van der Waals surface area contributed by atoms with Crippen LogP contribution in [0.2, 0.25) is 0 Å². The Morgan fingerprint density at radius 2 is 2.00 bits per heavy atom. The van der Waals surface area contributed by atoms with Gasteiger partial charge in [0.05, 0.1) is 0 Å². The van der Waals surface area contributed by atoms with Crippen LogP contribution in [0.3, 0.4) is 0 Å². The van der Waals surface area contributed by atoms with Gasteiger partial charge in [0.15, 0.2) is 11.5 Å². The van der Waals surface area contributed by atoms with E-state index >= 15 is 0 Å². The molecule has 3 rings (SSSR count). The van der Waals surface area contributed by atoms with Crippen molar-refractivity contribution in [1.82, 2.24) is 5.32 Å². The summed E-state index contributed by atoms with van der Waals surface area (Å²) in [6, 6.07) is 5.17. The van der Waals surface area contributed by atoms with E-state index in [1.807, 2.05) is 0 Å². The predicted octanol–water partition coefficient (Wildman–Crippen LogP) is 2.56. The molecule has 2 aliphatic heterocycles. The molecule has 2 aliphatic rings. The number of alkyl halides is 2. The van der Waals surface area contributed by atoms with Gasteiger partial charge >= 0.3 is 6.29 Å². The fourth-order valence-electron chi connectivity index (χ4n) is 2.44. The average molecular weight is 270 g/mol. The van der Waals surface area contributed by atoms with Gasteiger partial charge in [0.2, 0.25) is 0 Å². The topological polar surface area (TPSA) is 42.5 Å². The van der Waals surface area contributed by atoms with E-state index in [-0.39, 0.29) is 11.5 Å². The Labute approximate surface area is 110 Å². The Balaban J connectivity index is 1.69. The predicted molar refractivity (Wildman–Crippen MR) is 66.8 cm³/mol. The van der Waals surface area contributed by atoms with Gasteiger partial charge in [0.25, 0.3) is 0 Å². The van der Waals surface area contributed by atoms with Gasteiger partial charge in [-0.2, -0.15) is 0 Å². The monoisotopic (exact) mass is 270 g/mol. The van der Waals surface area contributed by atoms with Crippen LogP contribution in [0.25, 0.3) is 0 Å². The minimum Gasteiger partial charge on any atom is -0.395 e. The van der Waals surface area contributed by atoms with E-state index in [1.165, 1.54) is 6.07 Å². The van der Waals surface area contributed by atoms with Gasteiger partial charge in [-0.25, -0.2) is 0 Å². The SMILES string of the molecule is FC1(F)Oc2ccc(NC3CCCNCC3)cc2O1. The van der Waals surface area contributed by atoms with Crippen molar-refractivity contribution in [2.24, 2.45) is 0 Å². The summed E-state index contributed by atoms with van der Waals surface area (Å²) >= 11 is 0. The molecule has 2 N–H and O–H groups in total. The molecule has 1 fully saturated rings. The maximum Gasteiger partial charge on any atom is 0.586 e. The molecule has 1 unspecified atom stereocenters. The molecule has 1 atom stereocenters. The molecule has 0 aromatic heterocycles. The van der Waals surface area contributed by atoms with Crippen molar-refractivity contribution in [3.63, 3.8) is 0 Å². The van der Waals surface area contributed by atoms with Crippen molar-refractivity contribution >= 4 is 5.69 Å². The molecule has 4 nitrogen and oxygen atoms in total. The lowest BCUT2D eigenvalue weighted by molar-refractivity contribution is -0.286. The van der Waals surface area contributed by atoms with Gasteiger partial charge in [-0.05, 0) is 44.5 Å². The van der Waals surface area contributed by atoms with Gasteiger partial charge in [0.1, 0.15) is 0 Å². The first-order valence-electron chi connectivity index (χ1n) is 6.49. The molecule has 0 radical (unpaired) electrons. The Morgan fingerprint density at radius 3 is 2.89 bits per heavy atom. The molecule has 0 bridgehead atoms. The van der Waals surface area contributed by atoms with Crippen LogP contribution in [0.1, 0.15) is 19.3 Å². The van der Waals surface area contributed by atoms with Crippen LogP contribution in [-0.4, -0.2) is 25.4 Å². The van der Waals surface area contributed by atoms with Crippen LogP contribution in [0.4, 0.5) is 14.5 Å². The zero-order valence-corrected chi connectivity index (χ0v) is 10.4. The Bertz CT molecular complexity index is 460. The van der Waals surface area contributed by atoms with Crippen LogP contribution in [0, 0.1) is 0 Å². The molecule has 0 aliphatic carbocycles. The fourth-order valence-corrected chi connectivity index (χ4v) is 2.44. The van der Waals surface area contributed by atoms with Crippen molar-refractivity contribution in [3.8, 4) is 11.5 Å². The molecule has 1 aromatic rings. The van der Waals surface area contributed by atoms with Gasteiger partial charge in [-0.3, -0.25) is 0 Å². The van der Waals surface area contributed by atoms with Gasteiger partial charge in [0, 0.05) is 17.8 Å². The number of anilines is 1. The van der Waals surface area contributed by atoms with Crippen LogP contribution in [0.15, 0.2) is 18.2 Å². The van der Waals surface area contributed by atoms with Gasteiger partial charge in [-0.15, -0.1) is 8.78 Å². The average Bonchev–Trinajstić information content (AvgIpc) is 2.52. The van der Waals surface area contributed by atoms with Gasteiger partial charge in [-0.1, -0.05) is 0 Å². The highest BCUT2D eigenvalue weighted by Gasteiger charge is 2.43. The van der Waals surface area contributed by atoms with E-state index in [0.717, 1.165) is 38.0 Å². The second-order valence-electron chi connectivity index (χ2n) is 4.85. The van der Waals surface area contributed by atoms with Crippen molar-refractivity contribution in [2.75, 3.05) is 18.4 Å². The Morgan fingerprint density at radius 1 is 1.16 bits per heavy atom. The number of fused-ring (bicyclic) bond motifs is 1. The van der Waals surface area contributed by atoms with Crippen molar-refractivity contribution < 1.29 is 18.3 Å². The first-order valence-corrected chi connectivity index (χ1v) is 6.49. The quantitative estimate of drug-likeness (QED) is 0.866. The maximum atomic E-state index is 12.9. The van der Waals surface area contributed by atoms with Crippen LogP contribution in [-0.2, 0) is 0 Å². The summed E-state index contributed by atoms with van der Waals surface area (Å²) in [4.78, 5) is 0. The molecule has 6 heteroatoms. The summed E-state index contributed by atoms with van der Waals surface area (Å²) in [5.41, 5.74) is 0.784. The smallest absolute Gasteiger partial charge is 0.395 e.